The molecule has 3 aromatic rings. The Balaban J connectivity index is 1.57. The third kappa shape index (κ3) is 6.52. The van der Waals surface area contributed by atoms with Gasteiger partial charge in [0.1, 0.15) is 35.4 Å². The maximum Gasteiger partial charge on any atom is 0.254 e. The van der Waals surface area contributed by atoms with Crippen LogP contribution in [0.5, 0.6) is 0 Å². The molecule has 3 amide bonds. The molecule has 204 valence electrons. The summed E-state index contributed by atoms with van der Waals surface area (Å²) in [4.78, 5) is 39.2. The van der Waals surface area contributed by atoms with Crippen molar-refractivity contribution in [3.63, 3.8) is 0 Å². The number of thioether (sulfide) groups is 1. The molecule has 4 N–H and O–H groups in total. The van der Waals surface area contributed by atoms with Crippen molar-refractivity contribution in [2.75, 3.05) is 5.32 Å². The molecule has 0 aliphatic carbocycles. The summed E-state index contributed by atoms with van der Waals surface area (Å²) in [6.45, 7) is 1.24. The number of aliphatic hydroxyl groups excluding tert-OH is 1. The SMILES string of the molecule is C[C@H](NC(=O)[C@@H](O)c1cc(F)cc(F)c1)C(=O)N[C@@H]1C(=O)Nc2cc(Cl)ccc2S[C@@H]1c1cc(F)ccc1F. The maximum atomic E-state index is 14.8. The molecule has 0 unspecified atom stereocenters. The molecule has 39 heavy (non-hydrogen) atoms. The number of hydrogen-bond acceptors (Lipinski definition) is 5. The fraction of sp³-hybridized carbons (Fsp3) is 0.192. The Morgan fingerprint density at radius 1 is 0.974 bits per heavy atom. The van der Waals surface area contributed by atoms with E-state index >= 15 is 0 Å². The molecule has 0 radical (unpaired) electrons. The van der Waals surface area contributed by atoms with Gasteiger partial charge in [-0.25, -0.2) is 17.6 Å². The van der Waals surface area contributed by atoms with Crippen molar-refractivity contribution in [3.8, 4) is 0 Å². The average Bonchev–Trinajstić information content (AvgIpc) is 3.00. The Kier molecular flexibility index (Phi) is 8.48. The minimum atomic E-state index is -2.00. The zero-order chi connectivity index (χ0) is 28.4. The first-order valence-corrected chi connectivity index (χ1v) is 12.7. The highest BCUT2D eigenvalue weighted by molar-refractivity contribution is 7.99. The zero-order valence-electron chi connectivity index (χ0n) is 20.0. The molecule has 0 saturated carbocycles. The Bertz CT molecular complexity index is 1440. The number of halogens is 5. The zero-order valence-corrected chi connectivity index (χ0v) is 21.5. The number of carbonyl (C=O) groups excluding carboxylic acids is 3. The summed E-state index contributed by atoms with van der Waals surface area (Å²) in [6, 6.07) is 6.58. The lowest BCUT2D eigenvalue weighted by Gasteiger charge is -2.26. The Morgan fingerprint density at radius 3 is 2.36 bits per heavy atom. The molecule has 13 heteroatoms. The Hall–Kier alpha value is -3.61. The van der Waals surface area contributed by atoms with E-state index in [2.05, 4.69) is 16.0 Å². The summed E-state index contributed by atoms with van der Waals surface area (Å²) in [6.07, 6.45) is -2.00. The van der Waals surface area contributed by atoms with Crippen molar-refractivity contribution in [1.29, 1.82) is 0 Å². The number of carbonyl (C=O) groups is 3. The maximum absolute atomic E-state index is 14.8. The average molecular weight is 582 g/mol. The number of amides is 3. The van der Waals surface area contributed by atoms with Crippen molar-refractivity contribution in [1.82, 2.24) is 10.6 Å². The monoisotopic (exact) mass is 581 g/mol. The summed E-state index contributed by atoms with van der Waals surface area (Å²) >= 11 is 7.02. The van der Waals surface area contributed by atoms with E-state index in [0.717, 1.165) is 42.1 Å². The number of nitrogens with one attached hydrogen (secondary N) is 3. The number of hydrogen-bond donors (Lipinski definition) is 4. The fourth-order valence-electron chi connectivity index (χ4n) is 3.89. The molecule has 0 spiro atoms. The summed E-state index contributed by atoms with van der Waals surface area (Å²) in [7, 11) is 0. The number of benzene rings is 3. The number of rotatable bonds is 6. The molecule has 0 saturated heterocycles. The third-order valence-corrected chi connectivity index (χ3v) is 7.43. The van der Waals surface area contributed by atoms with Crippen molar-refractivity contribution < 1.29 is 37.1 Å². The molecule has 4 atom stereocenters. The first kappa shape index (κ1) is 28.4. The normalized spacial score (nSPS) is 18.3. The lowest BCUT2D eigenvalue weighted by molar-refractivity contribution is -0.134. The van der Waals surface area contributed by atoms with Gasteiger partial charge in [-0.1, -0.05) is 11.6 Å². The molecule has 3 aromatic carbocycles. The standard InChI is InChI=1S/C26H20ClF4N3O4S/c1-11(32-26(38)22(35)12-6-15(29)9-16(30)7-12)24(36)34-21-23(17-10-14(28)3-4-18(17)31)39-20-5-2-13(27)8-19(20)33-25(21)37/h2-11,21-23,35H,1H3,(H,32,38)(H,33,37)(H,34,36)/t11-,21-,22-,23+/m0/s1. The molecule has 0 bridgehead atoms. The second-order valence-corrected chi connectivity index (χ2v) is 10.3. The van der Waals surface area contributed by atoms with E-state index < -0.39 is 64.4 Å². The summed E-state index contributed by atoms with van der Waals surface area (Å²) in [5.41, 5.74) is -0.276. The van der Waals surface area contributed by atoms with E-state index in [-0.39, 0.29) is 11.1 Å². The predicted octanol–water partition coefficient (Wildman–Crippen LogP) is 4.41. The van der Waals surface area contributed by atoms with Crippen molar-refractivity contribution in [2.45, 2.75) is 35.3 Å². The smallest absolute Gasteiger partial charge is 0.254 e. The van der Waals surface area contributed by atoms with Gasteiger partial charge in [-0.2, -0.15) is 0 Å². The van der Waals surface area contributed by atoms with Gasteiger partial charge in [-0.3, -0.25) is 14.4 Å². The fourth-order valence-corrected chi connectivity index (χ4v) is 5.36. The van der Waals surface area contributed by atoms with Gasteiger partial charge in [0.05, 0.1) is 10.9 Å². The molecule has 0 fully saturated rings. The highest BCUT2D eigenvalue weighted by Crippen LogP contribution is 2.45. The van der Waals surface area contributed by atoms with Crippen LogP contribution in [0.25, 0.3) is 0 Å². The third-order valence-electron chi connectivity index (χ3n) is 5.80. The number of anilines is 1. The van der Waals surface area contributed by atoms with E-state index in [0.29, 0.717) is 21.7 Å². The molecule has 7 nitrogen and oxygen atoms in total. The van der Waals surface area contributed by atoms with Gasteiger partial charge < -0.3 is 21.1 Å². The first-order valence-electron chi connectivity index (χ1n) is 11.4. The summed E-state index contributed by atoms with van der Waals surface area (Å²) in [5, 5.41) is 16.6. The first-order chi connectivity index (χ1) is 18.4. The highest BCUT2D eigenvalue weighted by atomic mass is 35.5. The summed E-state index contributed by atoms with van der Waals surface area (Å²) in [5.74, 6) is -6.43. The van der Waals surface area contributed by atoms with Crippen LogP contribution in [0, 0.1) is 23.3 Å². The van der Waals surface area contributed by atoms with E-state index in [1.807, 2.05) is 0 Å². The van der Waals surface area contributed by atoms with Gasteiger partial charge >= 0.3 is 0 Å². The van der Waals surface area contributed by atoms with Crippen LogP contribution in [0.3, 0.4) is 0 Å². The van der Waals surface area contributed by atoms with Gasteiger partial charge in [0.15, 0.2) is 6.10 Å². The lowest BCUT2D eigenvalue weighted by atomic mass is 10.0. The molecule has 4 rings (SSSR count). The van der Waals surface area contributed by atoms with Crippen LogP contribution >= 0.6 is 23.4 Å². The van der Waals surface area contributed by atoms with Crippen LogP contribution < -0.4 is 16.0 Å². The van der Waals surface area contributed by atoms with Crippen LogP contribution in [-0.4, -0.2) is 34.9 Å². The number of fused-ring (bicyclic) bond motifs is 1. The topological polar surface area (TPSA) is 108 Å². The van der Waals surface area contributed by atoms with Crippen LogP contribution in [0.15, 0.2) is 59.5 Å². The van der Waals surface area contributed by atoms with Gasteiger partial charge in [0.25, 0.3) is 5.91 Å². The second kappa shape index (κ2) is 11.6. The minimum absolute atomic E-state index is 0.191. The lowest BCUT2D eigenvalue weighted by Crippen LogP contribution is -2.53. The van der Waals surface area contributed by atoms with E-state index in [9.17, 15) is 37.1 Å². The second-order valence-electron chi connectivity index (χ2n) is 8.66. The van der Waals surface area contributed by atoms with Crippen LogP contribution in [0.2, 0.25) is 5.02 Å². The highest BCUT2D eigenvalue weighted by Gasteiger charge is 2.38. The number of aliphatic hydroxyl groups is 1. The minimum Gasteiger partial charge on any atom is -0.378 e. The van der Waals surface area contributed by atoms with Crippen molar-refractivity contribution >= 4 is 46.8 Å². The van der Waals surface area contributed by atoms with Crippen LogP contribution in [-0.2, 0) is 14.4 Å². The molecular formula is C26H20ClF4N3O4S. The molecule has 1 aliphatic rings. The van der Waals surface area contributed by atoms with Gasteiger partial charge in [-0.05, 0) is 61.0 Å². The van der Waals surface area contributed by atoms with E-state index in [1.54, 1.807) is 12.1 Å². The van der Waals surface area contributed by atoms with Gasteiger partial charge in [-0.15, -0.1) is 11.8 Å². The van der Waals surface area contributed by atoms with Crippen molar-refractivity contribution in [2.24, 2.45) is 0 Å². The predicted molar refractivity (Wildman–Crippen MR) is 136 cm³/mol. The van der Waals surface area contributed by atoms with Crippen LogP contribution in [0.4, 0.5) is 23.2 Å². The van der Waals surface area contributed by atoms with Gasteiger partial charge in [0.2, 0.25) is 11.8 Å². The Labute approximate surface area is 228 Å². The van der Waals surface area contributed by atoms with E-state index in [4.69, 9.17) is 11.6 Å². The van der Waals surface area contributed by atoms with Gasteiger partial charge in [0, 0.05) is 21.5 Å². The van der Waals surface area contributed by atoms with Crippen LogP contribution in [0.1, 0.15) is 29.4 Å². The Morgan fingerprint density at radius 2 is 1.67 bits per heavy atom. The van der Waals surface area contributed by atoms with Crippen molar-refractivity contribution in [3.05, 3.63) is 94.0 Å². The molecular weight excluding hydrogens is 562 g/mol. The molecule has 1 aliphatic heterocycles. The molecule has 0 aromatic heterocycles. The summed E-state index contributed by atoms with van der Waals surface area (Å²) < 4.78 is 55.9. The van der Waals surface area contributed by atoms with E-state index in [1.165, 1.54) is 13.0 Å². The molecule has 1 heterocycles. The largest absolute Gasteiger partial charge is 0.378 e. The quantitative estimate of drug-likeness (QED) is 0.323.